The molecule has 2 aromatic heterocycles. The molecule has 0 saturated heterocycles. The molecule has 108 valence electrons. The summed E-state index contributed by atoms with van der Waals surface area (Å²) in [5.74, 6) is -0.198. The Hall–Kier alpha value is -1.86. The van der Waals surface area contributed by atoms with E-state index in [4.69, 9.17) is 4.74 Å². The van der Waals surface area contributed by atoms with Crippen LogP contribution in [-0.4, -0.2) is 29.2 Å². The second-order valence-corrected chi connectivity index (χ2v) is 6.41. The minimum atomic E-state index is -0.664. The Bertz CT molecular complexity index is 777. The SMILES string of the molecule is COC(=O)c1cc(=O)n2c(c1C(=O)c1cccs1)SCC2. The molecule has 0 spiro atoms. The predicted octanol–water partition coefficient (Wildman–Crippen LogP) is 2.03. The zero-order valence-electron chi connectivity index (χ0n) is 11.1. The molecule has 2 aromatic rings. The number of esters is 1. The number of carbonyl (C=O) groups excluding carboxylic acids is 2. The van der Waals surface area contributed by atoms with Crippen molar-refractivity contribution < 1.29 is 14.3 Å². The number of pyridine rings is 1. The molecule has 0 bridgehead atoms. The first kappa shape index (κ1) is 14.1. The Morgan fingerprint density at radius 2 is 2.19 bits per heavy atom. The average molecular weight is 321 g/mol. The molecule has 5 nitrogen and oxygen atoms in total. The van der Waals surface area contributed by atoms with Crippen LogP contribution in [0, 0.1) is 0 Å². The number of thioether (sulfide) groups is 1. The van der Waals surface area contributed by atoms with E-state index in [1.807, 2.05) is 0 Å². The first-order valence-corrected chi connectivity index (χ1v) is 8.07. The van der Waals surface area contributed by atoms with E-state index in [2.05, 4.69) is 0 Å². The minimum Gasteiger partial charge on any atom is -0.465 e. The fourth-order valence-electron chi connectivity index (χ4n) is 2.24. The quantitative estimate of drug-likeness (QED) is 0.639. The van der Waals surface area contributed by atoms with Gasteiger partial charge in [0.1, 0.15) is 0 Å². The molecule has 0 aliphatic carbocycles. The minimum absolute atomic E-state index is 0.0431. The van der Waals surface area contributed by atoms with Crippen molar-refractivity contribution in [2.24, 2.45) is 0 Å². The van der Waals surface area contributed by atoms with Gasteiger partial charge in [0.2, 0.25) is 5.78 Å². The van der Waals surface area contributed by atoms with E-state index in [9.17, 15) is 14.4 Å². The molecule has 0 radical (unpaired) electrons. The van der Waals surface area contributed by atoms with Crippen molar-refractivity contribution in [1.82, 2.24) is 4.57 Å². The van der Waals surface area contributed by atoms with Crippen LogP contribution in [-0.2, 0) is 11.3 Å². The van der Waals surface area contributed by atoms with E-state index < -0.39 is 5.97 Å². The third-order valence-corrected chi connectivity index (χ3v) is 5.15. The molecule has 0 amide bonds. The highest BCUT2D eigenvalue weighted by atomic mass is 32.2. The highest BCUT2D eigenvalue weighted by molar-refractivity contribution is 7.99. The van der Waals surface area contributed by atoms with E-state index in [1.165, 1.54) is 40.8 Å². The number of rotatable bonds is 3. The normalized spacial score (nSPS) is 13.0. The van der Waals surface area contributed by atoms with Crippen molar-refractivity contribution in [3.63, 3.8) is 0 Å². The van der Waals surface area contributed by atoms with Crippen LogP contribution in [0.1, 0.15) is 25.6 Å². The molecule has 1 aliphatic rings. The number of ether oxygens (including phenoxy) is 1. The van der Waals surface area contributed by atoms with Crippen molar-refractivity contribution in [1.29, 1.82) is 0 Å². The smallest absolute Gasteiger partial charge is 0.338 e. The van der Waals surface area contributed by atoms with E-state index in [0.717, 1.165) is 0 Å². The van der Waals surface area contributed by atoms with Gasteiger partial charge in [0.15, 0.2) is 0 Å². The van der Waals surface area contributed by atoms with Gasteiger partial charge in [0.05, 0.1) is 28.1 Å². The molecule has 0 atom stereocenters. The Kier molecular flexibility index (Phi) is 3.69. The number of hydrogen-bond acceptors (Lipinski definition) is 6. The number of thiophene rings is 1. The summed E-state index contributed by atoms with van der Waals surface area (Å²) in [7, 11) is 1.24. The molecule has 7 heteroatoms. The fraction of sp³-hybridized carbons (Fsp3) is 0.214. The molecular formula is C14H11NO4S2. The number of nitrogens with zero attached hydrogens (tertiary/aromatic N) is 1. The molecule has 3 rings (SSSR count). The zero-order valence-corrected chi connectivity index (χ0v) is 12.8. The zero-order chi connectivity index (χ0) is 15.0. The van der Waals surface area contributed by atoms with Crippen molar-refractivity contribution >= 4 is 34.9 Å². The van der Waals surface area contributed by atoms with Crippen LogP contribution in [0.15, 0.2) is 33.4 Å². The van der Waals surface area contributed by atoms with Crippen molar-refractivity contribution in [3.05, 3.63) is 49.9 Å². The largest absolute Gasteiger partial charge is 0.465 e. The van der Waals surface area contributed by atoms with Crippen molar-refractivity contribution in [3.8, 4) is 0 Å². The molecule has 0 aromatic carbocycles. The average Bonchev–Trinajstić information content (AvgIpc) is 3.16. The summed E-state index contributed by atoms with van der Waals surface area (Å²) in [4.78, 5) is 37.2. The van der Waals surface area contributed by atoms with Crippen LogP contribution in [0.2, 0.25) is 0 Å². The first-order valence-electron chi connectivity index (χ1n) is 6.20. The predicted molar refractivity (Wildman–Crippen MR) is 80.5 cm³/mol. The summed E-state index contributed by atoms with van der Waals surface area (Å²) < 4.78 is 6.25. The fourth-order valence-corrected chi connectivity index (χ4v) is 4.06. The van der Waals surface area contributed by atoms with Crippen molar-refractivity contribution in [2.45, 2.75) is 11.6 Å². The number of ketones is 1. The van der Waals surface area contributed by atoms with E-state index in [0.29, 0.717) is 22.2 Å². The van der Waals surface area contributed by atoms with Gasteiger partial charge in [0.25, 0.3) is 5.56 Å². The van der Waals surface area contributed by atoms with Crippen LogP contribution in [0.3, 0.4) is 0 Å². The molecule has 0 saturated carbocycles. The van der Waals surface area contributed by atoms with Gasteiger partial charge < -0.3 is 9.30 Å². The maximum Gasteiger partial charge on any atom is 0.338 e. The molecule has 0 fully saturated rings. The summed E-state index contributed by atoms with van der Waals surface area (Å²) in [5.41, 5.74) is 0.0334. The molecule has 1 aliphatic heterocycles. The van der Waals surface area contributed by atoms with Crippen LogP contribution < -0.4 is 5.56 Å². The van der Waals surface area contributed by atoms with Crippen LogP contribution >= 0.6 is 23.1 Å². The van der Waals surface area contributed by atoms with Crippen molar-refractivity contribution in [2.75, 3.05) is 12.9 Å². The first-order chi connectivity index (χ1) is 10.1. The van der Waals surface area contributed by atoms with E-state index >= 15 is 0 Å². The number of methoxy groups -OCH3 is 1. The van der Waals surface area contributed by atoms with Crippen LogP contribution in [0.5, 0.6) is 0 Å². The Morgan fingerprint density at radius 1 is 1.38 bits per heavy atom. The van der Waals surface area contributed by atoms with Crippen LogP contribution in [0.4, 0.5) is 0 Å². The highest BCUT2D eigenvalue weighted by Gasteiger charge is 2.29. The maximum absolute atomic E-state index is 12.7. The topological polar surface area (TPSA) is 65.4 Å². The Balaban J connectivity index is 2.26. The van der Waals surface area contributed by atoms with Gasteiger partial charge in [-0.25, -0.2) is 4.79 Å². The monoisotopic (exact) mass is 321 g/mol. The summed E-state index contributed by atoms with van der Waals surface area (Å²) >= 11 is 2.72. The molecule has 3 heterocycles. The van der Waals surface area contributed by atoms with E-state index in [-0.39, 0.29) is 22.5 Å². The number of hydrogen-bond donors (Lipinski definition) is 0. The maximum atomic E-state index is 12.7. The Labute approximate surface area is 128 Å². The third kappa shape index (κ3) is 2.32. The summed E-state index contributed by atoms with van der Waals surface area (Å²) in [6, 6.07) is 4.68. The number of fused-ring (bicyclic) bond motifs is 1. The number of aromatic nitrogens is 1. The lowest BCUT2D eigenvalue weighted by atomic mass is 10.0. The lowest BCUT2D eigenvalue weighted by Gasteiger charge is -2.11. The summed E-state index contributed by atoms with van der Waals surface area (Å²) in [5, 5.41) is 2.36. The summed E-state index contributed by atoms with van der Waals surface area (Å²) in [6.45, 7) is 0.547. The summed E-state index contributed by atoms with van der Waals surface area (Å²) in [6.07, 6.45) is 0. The van der Waals surface area contributed by atoms with Gasteiger partial charge in [0, 0.05) is 18.4 Å². The van der Waals surface area contributed by atoms with Gasteiger partial charge >= 0.3 is 5.97 Å². The molecule has 21 heavy (non-hydrogen) atoms. The molecule has 0 N–H and O–H groups in total. The molecule has 0 unspecified atom stereocenters. The second-order valence-electron chi connectivity index (χ2n) is 4.37. The van der Waals surface area contributed by atoms with Crippen LogP contribution in [0.25, 0.3) is 0 Å². The molecular weight excluding hydrogens is 310 g/mol. The lowest BCUT2D eigenvalue weighted by molar-refractivity contribution is 0.0596. The van der Waals surface area contributed by atoms with E-state index in [1.54, 1.807) is 17.5 Å². The standard InChI is InChI=1S/C14H11NO4S2/c1-19-14(18)8-7-10(16)15-4-6-21-13(15)11(8)12(17)9-3-2-5-20-9/h2-3,5,7H,4,6H2,1H3. The lowest BCUT2D eigenvalue weighted by Crippen LogP contribution is -2.25. The highest BCUT2D eigenvalue weighted by Crippen LogP contribution is 2.32. The van der Waals surface area contributed by atoms with Gasteiger partial charge in [-0.15, -0.1) is 23.1 Å². The van der Waals surface area contributed by atoms with Gasteiger partial charge in [-0.2, -0.15) is 0 Å². The second kappa shape index (κ2) is 5.50. The van der Waals surface area contributed by atoms with Gasteiger partial charge in [-0.3, -0.25) is 9.59 Å². The van der Waals surface area contributed by atoms with Gasteiger partial charge in [-0.1, -0.05) is 6.07 Å². The van der Waals surface area contributed by atoms with Gasteiger partial charge in [-0.05, 0) is 11.4 Å². The Morgan fingerprint density at radius 3 is 2.86 bits per heavy atom. The number of carbonyl (C=O) groups is 2. The third-order valence-electron chi connectivity index (χ3n) is 3.19.